The maximum Gasteiger partial charge on any atom is 0.181 e. The Morgan fingerprint density at radius 1 is 1.67 bits per heavy atom. The Bertz CT molecular complexity index is 476. The highest BCUT2D eigenvalue weighted by Crippen LogP contribution is 2.27. The van der Waals surface area contributed by atoms with Crippen LogP contribution < -0.4 is 0 Å². The Morgan fingerprint density at radius 2 is 2.47 bits per heavy atom. The van der Waals surface area contributed by atoms with Gasteiger partial charge < -0.3 is 4.98 Å². The van der Waals surface area contributed by atoms with Crippen LogP contribution in [-0.2, 0) is 6.42 Å². The molecule has 0 amide bonds. The Hall–Kier alpha value is -1.13. The van der Waals surface area contributed by atoms with Crippen LogP contribution in [0.1, 0.15) is 21.1 Å². The number of H-pyrrole nitrogens is 1. The van der Waals surface area contributed by atoms with Gasteiger partial charge >= 0.3 is 0 Å². The number of carbonyl (C=O) groups excluding carboxylic acids is 1. The van der Waals surface area contributed by atoms with Crippen molar-refractivity contribution in [2.75, 3.05) is 0 Å². The van der Waals surface area contributed by atoms with E-state index in [0.717, 1.165) is 5.56 Å². The molecule has 0 unspecified atom stereocenters. The van der Waals surface area contributed by atoms with Gasteiger partial charge in [0.15, 0.2) is 5.78 Å². The van der Waals surface area contributed by atoms with Crippen LogP contribution in [0.4, 0.5) is 0 Å². The normalized spacial score (nSPS) is 10.5. The highest BCUT2D eigenvalue weighted by Gasteiger charge is 2.15. The summed E-state index contributed by atoms with van der Waals surface area (Å²) < 4.78 is 0. The molecule has 0 radical (unpaired) electrons. The number of halogens is 1. The fourth-order valence-corrected chi connectivity index (χ4v) is 2.48. The van der Waals surface area contributed by atoms with Crippen molar-refractivity contribution in [2.24, 2.45) is 0 Å². The number of carbonyl (C=O) groups is 1. The molecule has 0 aliphatic rings. The molecular weight excluding hydrogens is 232 g/mol. The number of rotatable bonds is 3. The van der Waals surface area contributed by atoms with E-state index in [1.165, 1.54) is 11.3 Å². The summed E-state index contributed by atoms with van der Waals surface area (Å²) in [6.45, 7) is 1.89. The molecule has 0 spiro atoms. The van der Waals surface area contributed by atoms with E-state index in [2.05, 4.69) is 9.97 Å². The van der Waals surface area contributed by atoms with Gasteiger partial charge in [-0.2, -0.15) is 0 Å². The molecule has 2 heterocycles. The maximum absolute atomic E-state index is 11.8. The molecule has 0 aliphatic carbocycles. The van der Waals surface area contributed by atoms with Crippen molar-refractivity contribution in [1.82, 2.24) is 9.97 Å². The van der Waals surface area contributed by atoms with E-state index < -0.39 is 0 Å². The number of nitrogens with one attached hydrogen (secondary N) is 1. The van der Waals surface area contributed by atoms with Crippen LogP contribution in [0, 0.1) is 6.92 Å². The molecule has 2 rings (SSSR count). The predicted molar refractivity (Wildman–Crippen MR) is 60.7 cm³/mol. The van der Waals surface area contributed by atoms with Gasteiger partial charge in [0, 0.05) is 12.4 Å². The molecule has 3 nitrogen and oxygen atoms in total. The number of nitrogens with zero attached hydrogens (tertiary/aromatic N) is 1. The van der Waals surface area contributed by atoms with E-state index in [1.54, 1.807) is 12.4 Å². The van der Waals surface area contributed by atoms with Gasteiger partial charge in [-0.15, -0.1) is 11.3 Å². The number of aryl methyl sites for hydroxylation is 1. The Balaban J connectivity index is 2.19. The van der Waals surface area contributed by atoms with Gasteiger partial charge in [-0.05, 0) is 17.9 Å². The van der Waals surface area contributed by atoms with Gasteiger partial charge in [0.05, 0.1) is 16.3 Å². The average Bonchev–Trinajstić information content (AvgIpc) is 2.79. The maximum atomic E-state index is 11.8. The van der Waals surface area contributed by atoms with Gasteiger partial charge in [-0.25, -0.2) is 4.98 Å². The minimum Gasteiger partial charge on any atom is -0.348 e. The SMILES string of the molecule is Cc1csc(C(=O)Cc2ncc[nH]2)c1Cl. The number of aromatic amines is 1. The van der Waals surface area contributed by atoms with Crippen molar-refractivity contribution < 1.29 is 4.79 Å². The second-order valence-electron chi connectivity index (χ2n) is 3.20. The summed E-state index contributed by atoms with van der Waals surface area (Å²) in [5.41, 5.74) is 0.949. The fourth-order valence-electron chi connectivity index (χ4n) is 1.24. The highest BCUT2D eigenvalue weighted by atomic mass is 35.5. The highest BCUT2D eigenvalue weighted by molar-refractivity contribution is 7.13. The molecule has 0 fully saturated rings. The number of hydrogen-bond acceptors (Lipinski definition) is 3. The van der Waals surface area contributed by atoms with Gasteiger partial charge in [0.25, 0.3) is 0 Å². The molecule has 0 saturated carbocycles. The standard InChI is InChI=1S/C10H9ClN2OS/c1-6-5-15-10(9(6)11)7(14)4-8-12-2-3-13-8/h2-3,5H,4H2,1H3,(H,12,13). The van der Waals surface area contributed by atoms with Crippen LogP contribution >= 0.6 is 22.9 Å². The minimum atomic E-state index is 0.00745. The molecule has 1 N–H and O–H groups in total. The monoisotopic (exact) mass is 240 g/mol. The van der Waals surface area contributed by atoms with Gasteiger partial charge in [-0.1, -0.05) is 11.6 Å². The molecule has 0 atom stereocenters. The third-order valence-corrected chi connectivity index (χ3v) is 3.77. The summed E-state index contributed by atoms with van der Waals surface area (Å²) in [7, 11) is 0. The van der Waals surface area contributed by atoms with Crippen molar-refractivity contribution in [3.63, 3.8) is 0 Å². The third kappa shape index (κ3) is 2.11. The lowest BCUT2D eigenvalue weighted by molar-refractivity contribution is 0.0995. The second kappa shape index (κ2) is 4.16. The number of aromatic nitrogens is 2. The van der Waals surface area contributed by atoms with E-state index in [9.17, 15) is 4.79 Å². The van der Waals surface area contributed by atoms with Gasteiger partial charge in [0.1, 0.15) is 5.82 Å². The zero-order valence-electron chi connectivity index (χ0n) is 8.08. The molecule has 0 saturated heterocycles. The second-order valence-corrected chi connectivity index (χ2v) is 4.46. The average molecular weight is 241 g/mol. The predicted octanol–water partition coefficient (Wildman–Crippen LogP) is 2.86. The van der Waals surface area contributed by atoms with Crippen LogP contribution in [0.25, 0.3) is 0 Å². The molecule has 15 heavy (non-hydrogen) atoms. The molecule has 78 valence electrons. The van der Waals surface area contributed by atoms with Crippen LogP contribution in [-0.4, -0.2) is 15.8 Å². The smallest absolute Gasteiger partial charge is 0.181 e. The van der Waals surface area contributed by atoms with Crippen LogP contribution in [0.5, 0.6) is 0 Å². The molecule has 0 aliphatic heterocycles. The molecular formula is C10H9ClN2OS. The molecule has 2 aromatic rings. The van der Waals surface area contributed by atoms with Crippen LogP contribution in [0.3, 0.4) is 0 Å². The number of thiophene rings is 1. The lowest BCUT2D eigenvalue weighted by atomic mass is 10.2. The summed E-state index contributed by atoms with van der Waals surface area (Å²) in [5, 5.41) is 2.45. The van der Waals surface area contributed by atoms with Crippen molar-refractivity contribution >= 4 is 28.7 Å². The molecule has 0 aromatic carbocycles. The summed E-state index contributed by atoms with van der Waals surface area (Å²) in [5.74, 6) is 0.676. The van der Waals surface area contributed by atoms with Crippen molar-refractivity contribution in [2.45, 2.75) is 13.3 Å². The molecule has 5 heteroatoms. The largest absolute Gasteiger partial charge is 0.348 e. The van der Waals surface area contributed by atoms with Gasteiger partial charge in [0.2, 0.25) is 0 Å². The minimum absolute atomic E-state index is 0.00745. The first kappa shape index (κ1) is 10.4. The van der Waals surface area contributed by atoms with E-state index in [0.29, 0.717) is 15.7 Å². The lowest BCUT2D eigenvalue weighted by Crippen LogP contribution is -2.03. The number of imidazole rings is 1. The Kier molecular flexibility index (Phi) is 2.88. The summed E-state index contributed by atoms with van der Waals surface area (Å²) in [6.07, 6.45) is 3.60. The van der Waals surface area contributed by atoms with Crippen LogP contribution in [0.15, 0.2) is 17.8 Å². The Labute approximate surface area is 96.1 Å². The van der Waals surface area contributed by atoms with E-state index in [4.69, 9.17) is 11.6 Å². The number of Topliss-reactive ketones (excluding diaryl/α,β-unsaturated/α-hetero) is 1. The zero-order chi connectivity index (χ0) is 10.8. The fraction of sp³-hybridized carbons (Fsp3) is 0.200. The third-order valence-electron chi connectivity index (χ3n) is 2.04. The first-order valence-corrected chi connectivity index (χ1v) is 5.69. The van der Waals surface area contributed by atoms with Crippen molar-refractivity contribution in [1.29, 1.82) is 0 Å². The summed E-state index contributed by atoms with van der Waals surface area (Å²) in [4.78, 5) is 19.3. The first-order chi connectivity index (χ1) is 7.18. The number of ketones is 1. The lowest BCUT2D eigenvalue weighted by Gasteiger charge is -1.96. The van der Waals surface area contributed by atoms with E-state index in [1.807, 2.05) is 12.3 Å². The van der Waals surface area contributed by atoms with E-state index >= 15 is 0 Å². The van der Waals surface area contributed by atoms with Crippen LogP contribution in [0.2, 0.25) is 5.02 Å². The van der Waals surface area contributed by atoms with Crippen molar-refractivity contribution in [3.05, 3.63) is 39.1 Å². The van der Waals surface area contributed by atoms with Crippen molar-refractivity contribution in [3.8, 4) is 0 Å². The van der Waals surface area contributed by atoms with Gasteiger partial charge in [-0.3, -0.25) is 4.79 Å². The van der Waals surface area contributed by atoms with E-state index in [-0.39, 0.29) is 12.2 Å². The topological polar surface area (TPSA) is 45.8 Å². The molecule has 0 bridgehead atoms. The summed E-state index contributed by atoms with van der Waals surface area (Å²) in [6, 6.07) is 0. The number of hydrogen-bond donors (Lipinski definition) is 1. The Morgan fingerprint density at radius 3 is 3.00 bits per heavy atom. The quantitative estimate of drug-likeness (QED) is 0.839. The molecule has 2 aromatic heterocycles. The zero-order valence-corrected chi connectivity index (χ0v) is 9.65. The first-order valence-electron chi connectivity index (χ1n) is 4.43. The summed E-state index contributed by atoms with van der Waals surface area (Å²) >= 11 is 7.39.